The van der Waals surface area contributed by atoms with Gasteiger partial charge in [-0.25, -0.2) is 19.3 Å². The Balaban J connectivity index is 1.55. The zero-order valence-electron chi connectivity index (χ0n) is 19.1. The summed E-state index contributed by atoms with van der Waals surface area (Å²) in [5.41, 5.74) is 3.02. The number of hydrogen-bond donors (Lipinski definition) is 3. The van der Waals surface area contributed by atoms with Gasteiger partial charge in [-0.1, -0.05) is 17.7 Å². The largest absolute Gasteiger partial charge is 0.390 e. The van der Waals surface area contributed by atoms with E-state index in [2.05, 4.69) is 30.6 Å². The van der Waals surface area contributed by atoms with E-state index < -0.39 is 24.3 Å². The molecule has 0 spiro atoms. The van der Waals surface area contributed by atoms with Crippen LogP contribution in [0.4, 0.5) is 10.2 Å². The first-order valence-corrected chi connectivity index (χ1v) is 11.1. The molecule has 4 heterocycles. The Kier molecular flexibility index (Phi) is 6.10. The number of imidazole rings is 1. The van der Waals surface area contributed by atoms with Crippen molar-refractivity contribution in [2.75, 3.05) is 12.4 Å². The lowest BCUT2D eigenvalue weighted by molar-refractivity contribution is -0.137. The summed E-state index contributed by atoms with van der Waals surface area (Å²) in [7, 11) is 1.49. The van der Waals surface area contributed by atoms with Crippen molar-refractivity contribution in [3.63, 3.8) is 0 Å². The molecule has 1 aromatic carbocycles. The summed E-state index contributed by atoms with van der Waals surface area (Å²) >= 11 is 0. The van der Waals surface area contributed by atoms with Gasteiger partial charge >= 0.3 is 0 Å². The lowest BCUT2D eigenvalue weighted by Crippen LogP contribution is -2.38. The standard InChI is InChI=1S/C24H24FN7O3/c1-13-5-6-16(25)15(8-13)11-28-22-19-23(31-21(30-22)14-4-3-7-27-10-14)32(12-29-19)18-9-17(33)20(35-18)24(34)26-2/h3-8,10,12,17-18,20,33H,9,11H2,1-2H3,(H,26,34)(H,28,30,31)/t17-,18+,20-/m0/s1. The molecule has 3 aromatic heterocycles. The Hall–Kier alpha value is -3.96. The number of hydrogen-bond acceptors (Lipinski definition) is 8. The van der Waals surface area contributed by atoms with Gasteiger partial charge in [0.05, 0.1) is 12.4 Å². The van der Waals surface area contributed by atoms with Gasteiger partial charge in [-0.05, 0) is 25.1 Å². The Bertz CT molecular complexity index is 1380. The van der Waals surface area contributed by atoms with Gasteiger partial charge in [0.25, 0.3) is 5.91 Å². The van der Waals surface area contributed by atoms with Gasteiger partial charge in [-0.2, -0.15) is 0 Å². The van der Waals surface area contributed by atoms with Crippen LogP contribution in [0, 0.1) is 12.7 Å². The highest BCUT2D eigenvalue weighted by molar-refractivity contribution is 5.85. The van der Waals surface area contributed by atoms with Gasteiger partial charge in [0, 0.05) is 43.5 Å². The fourth-order valence-corrected chi connectivity index (χ4v) is 4.10. The summed E-state index contributed by atoms with van der Waals surface area (Å²) in [6.07, 6.45) is 2.39. The number of carbonyl (C=O) groups excluding carboxylic acids is 1. The van der Waals surface area contributed by atoms with Crippen LogP contribution in [-0.2, 0) is 16.1 Å². The highest BCUT2D eigenvalue weighted by atomic mass is 19.1. The third-order valence-electron chi connectivity index (χ3n) is 5.90. The summed E-state index contributed by atoms with van der Waals surface area (Å²) in [6, 6.07) is 8.53. The number of nitrogens with zero attached hydrogens (tertiary/aromatic N) is 5. The van der Waals surface area contributed by atoms with Crippen molar-refractivity contribution in [2.24, 2.45) is 0 Å². The molecule has 0 aliphatic carbocycles. The highest BCUT2D eigenvalue weighted by Crippen LogP contribution is 2.33. The van der Waals surface area contributed by atoms with Crippen molar-refractivity contribution in [2.45, 2.75) is 38.3 Å². The molecule has 35 heavy (non-hydrogen) atoms. The lowest BCUT2D eigenvalue weighted by atomic mass is 10.1. The number of ether oxygens (including phenoxy) is 1. The SMILES string of the molecule is CNC(=O)[C@H]1O[C@@H](n2cnc3c(NCc4cc(C)ccc4F)nc(-c4cccnc4)nc32)C[C@@H]1O. The number of halogens is 1. The van der Waals surface area contributed by atoms with Gasteiger partial charge < -0.3 is 20.5 Å². The minimum absolute atomic E-state index is 0.188. The fraction of sp³-hybridized carbons (Fsp3) is 0.292. The molecule has 1 aliphatic heterocycles. The van der Waals surface area contributed by atoms with E-state index in [1.165, 1.54) is 19.4 Å². The third-order valence-corrected chi connectivity index (χ3v) is 5.90. The number of aryl methyl sites for hydroxylation is 1. The van der Waals surface area contributed by atoms with Crippen LogP contribution in [-0.4, -0.2) is 54.8 Å². The normalized spacial score (nSPS) is 19.7. The predicted octanol–water partition coefficient (Wildman–Crippen LogP) is 2.34. The molecule has 1 amide bonds. The smallest absolute Gasteiger partial charge is 0.251 e. The molecule has 10 nitrogen and oxygen atoms in total. The molecular formula is C24H24FN7O3. The number of fused-ring (bicyclic) bond motifs is 1. The van der Waals surface area contributed by atoms with Crippen molar-refractivity contribution in [1.82, 2.24) is 29.8 Å². The number of carbonyl (C=O) groups is 1. The summed E-state index contributed by atoms with van der Waals surface area (Å²) in [6.45, 7) is 2.09. The number of anilines is 1. The van der Waals surface area contributed by atoms with Gasteiger partial charge in [-0.3, -0.25) is 14.3 Å². The van der Waals surface area contributed by atoms with Gasteiger partial charge in [0.2, 0.25) is 0 Å². The van der Waals surface area contributed by atoms with Crippen molar-refractivity contribution in [3.05, 3.63) is 66.0 Å². The van der Waals surface area contributed by atoms with Crippen LogP contribution in [0.15, 0.2) is 49.1 Å². The zero-order valence-corrected chi connectivity index (χ0v) is 19.1. The molecule has 0 radical (unpaired) electrons. The number of aromatic nitrogens is 5. The van der Waals surface area contributed by atoms with Crippen molar-refractivity contribution in [3.8, 4) is 11.4 Å². The highest BCUT2D eigenvalue weighted by Gasteiger charge is 2.40. The van der Waals surface area contributed by atoms with E-state index in [-0.39, 0.29) is 18.8 Å². The molecular weight excluding hydrogens is 453 g/mol. The first-order valence-electron chi connectivity index (χ1n) is 11.1. The third kappa shape index (κ3) is 4.43. The minimum atomic E-state index is -0.996. The fourth-order valence-electron chi connectivity index (χ4n) is 4.10. The van der Waals surface area contributed by atoms with E-state index in [0.717, 1.165) is 5.56 Å². The monoisotopic (exact) mass is 477 g/mol. The summed E-state index contributed by atoms with van der Waals surface area (Å²) in [5, 5.41) is 16.1. The average molecular weight is 478 g/mol. The van der Waals surface area contributed by atoms with Crippen molar-refractivity contribution in [1.29, 1.82) is 0 Å². The number of nitrogens with one attached hydrogen (secondary N) is 2. The van der Waals surface area contributed by atoms with E-state index in [1.54, 1.807) is 35.2 Å². The van der Waals surface area contributed by atoms with Gasteiger partial charge in [0.15, 0.2) is 28.9 Å². The van der Waals surface area contributed by atoms with Crippen LogP contribution in [0.1, 0.15) is 23.8 Å². The van der Waals surface area contributed by atoms with Gasteiger partial charge in [0.1, 0.15) is 12.0 Å². The van der Waals surface area contributed by atoms with Crippen LogP contribution in [0.2, 0.25) is 0 Å². The Labute approximate surface area is 200 Å². The summed E-state index contributed by atoms with van der Waals surface area (Å²) in [4.78, 5) is 30.0. The molecule has 3 N–H and O–H groups in total. The van der Waals surface area contributed by atoms with E-state index in [0.29, 0.717) is 33.9 Å². The number of amides is 1. The molecule has 0 unspecified atom stereocenters. The van der Waals surface area contributed by atoms with Crippen LogP contribution in [0.5, 0.6) is 0 Å². The molecule has 1 aliphatic rings. The Morgan fingerprint density at radius 1 is 1.31 bits per heavy atom. The van der Waals surface area contributed by atoms with Crippen LogP contribution in [0.25, 0.3) is 22.6 Å². The second-order valence-corrected chi connectivity index (χ2v) is 8.34. The second kappa shape index (κ2) is 9.35. The van der Waals surface area contributed by atoms with Gasteiger partial charge in [-0.15, -0.1) is 0 Å². The van der Waals surface area contributed by atoms with Crippen LogP contribution in [0.3, 0.4) is 0 Å². The topological polar surface area (TPSA) is 127 Å². The Morgan fingerprint density at radius 2 is 2.17 bits per heavy atom. The van der Waals surface area contributed by atoms with Crippen molar-refractivity contribution < 1.29 is 19.0 Å². The Morgan fingerprint density at radius 3 is 2.94 bits per heavy atom. The minimum Gasteiger partial charge on any atom is -0.390 e. The number of aliphatic hydroxyl groups excluding tert-OH is 1. The average Bonchev–Trinajstić information content (AvgIpc) is 3.47. The van der Waals surface area contributed by atoms with E-state index in [4.69, 9.17) is 4.74 Å². The lowest BCUT2D eigenvalue weighted by Gasteiger charge is -2.15. The number of pyridine rings is 1. The quantitative estimate of drug-likeness (QED) is 0.386. The van der Waals surface area contributed by atoms with Crippen molar-refractivity contribution >= 4 is 22.9 Å². The van der Waals surface area contributed by atoms with E-state index in [9.17, 15) is 14.3 Å². The molecule has 11 heteroatoms. The van der Waals surface area contributed by atoms with Crippen LogP contribution >= 0.6 is 0 Å². The van der Waals surface area contributed by atoms with E-state index >= 15 is 0 Å². The maximum Gasteiger partial charge on any atom is 0.251 e. The molecule has 5 rings (SSSR count). The maximum absolute atomic E-state index is 14.3. The van der Waals surface area contributed by atoms with E-state index in [1.807, 2.05) is 13.0 Å². The first-order chi connectivity index (χ1) is 16.9. The molecule has 1 fully saturated rings. The first kappa shape index (κ1) is 22.8. The summed E-state index contributed by atoms with van der Waals surface area (Å²) < 4.78 is 21.8. The molecule has 1 saturated heterocycles. The number of benzene rings is 1. The summed E-state index contributed by atoms with van der Waals surface area (Å²) in [5.74, 6) is 0.0773. The molecule has 0 saturated carbocycles. The van der Waals surface area contributed by atoms with Crippen LogP contribution < -0.4 is 10.6 Å². The molecule has 0 bridgehead atoms. The second-order valence-electron chi connectivity index (χ2n) is 8.34. The molecule has 180 valence electrons. The number of likely N-dealkylation sites (N-methyl/N-ethyl adjacent to an activating group) is 1. The maximum atomic E-state index is 14.3. The molecule has 3 atom stereocenters. The predicted molar refractivity (Wildman–Crippen MR) is 126 cm³/mol. The number of aliphatic hydroxyl groups is 1. The molecule has 4 aromatic rings. The number of rotatable bonds is 6. The zero-order chi connectivity index (χ0) is 24.5.